The van der Waals surface area contributed by atoms with Crippen molar-refractivity contribution in [2.45, 2.75) is 11.0 Å². The number of rotatable bonds is 4. The fraction of sp³-hybridized carbons (Fsp3) is 0.316. The average Bonchev–Trinajstić information content (AvgIpc) is 2.90. The number of cyclic esters (lactones) is 1. The van der Waals surface area contributed by atoms with Crippen molar-refractivity contribution in [2.24, 2.45) is 0 Å². The van der Waals surface area contributed by atoms with E-state index in [9.17, 15) is 4.79 Å². The van der Waals surface area contributed by atoms with Crippen molar-refractivity contribution in [1.82, 2.24) is 0 Å². The zero-order chi connectivity index (χ0) is 17.4. The van der Waals surface area contributed by atoms with Gasteiger partial charge in [-0.05, 0) is 30.5 Å². The van der Waals surface area contributed by atoms with Gasteiger partial charge in [0.25, 0.3) is 0 Å². The second kappa shape index (κ2) is 6.40. The minimum atomic E-state index is -0.331. The summed E-state index contributed by atoms with van der Waals surface area (Å²) in [6.45, 7) is 0. The van der Waals surface area contributed by atoms with Gasteiger partial charge >= 0.3 is 5.97 Å². The molecule has 0 spiro atoms. The van der Waals surface area contributed by atoms with Gasteiger partial charge in [-0.25, -0.2) is 4.79 Å². The van der Waals surface area contributed by atoms with E-state index in [0.29, 0.717) is 5.56 Å². The molecule has 1 aliphatic heterocycles. The number of nitrogens with zero attached hydrogens (tertiary/aromatic N) is 2. The van der Waals surface area contributed by atoms with Gasteiger partial charge in [0.2, 0.25) is 0 Å². The van der Waals surface area contributed by atoms with E-state index < -0.39 is 0 Å². The third-order valence-electron chi connectivity index (χ3n) is 4.30. The van der Waals surface area contributed by atoms with E-state index in [1.54, 1.807) is 11.8 Å². The molecule has 0 fully saturated rings. The van der Waals surface area contributed by atoms with Crippen LogP contribution in [-0.4, -0.2) is 40.4 Å². The summed E-state index contributed by atoms with van der Waals surface area (Å²) in [5, 5.41) is 0. The Hall–Kier alpha value is -2.14. The highest BCUT2D eigenvalue weighted by atomic mass is 32.2. The molecule has 0 radical (unpaired) electrons. The van der Waals surface area contributed by atoms with Crippen LogP contribution in [0.4, 0.5) is 11.4 Å². The van der Waals surface area contributed by atoms with Gasteiger partial charge in [0.05, 0.1) is 5.56 Å². The highest BCUT2D eigenvalue weighted by Gasteiger charge is 2.33. The lowest BCUT2D eigenvalue weighted by Crippen LogP contribution is -2.10. The molecule has 0 bridgehead atoms. The Morgan fingerprint density at radius 2 is 1.50 bits per heavy atom. The Morgan fingerprint density at radius 1 is 0.917 bits per heavy atom. The van der Waals surface area contributed by atoms with Crippen molar-refractivity contribution in [3.63, 3.8) is 0 Å². The van der Waals surface area contributed by atoms with E-state index in [-0.39, 0.29) is 12.1 Å². The highest BCUT2D eigenvalue weighted by molar-refractivity contribution is 7.98. The van der Waals surface area contributed by atoms with Crippen molar-refractivity contribution in [3.8, 4) is 0 Å². The third kappa shape index (κ3) is 2.84. The van der Waals surface area contributed by atoms with Crippen LogP contribution in [0, 0.1) is 0 Å². The maximum absolute atomic E-state index is 12.3. The summed E-state index contributed by atoms with van der Waals surface area (Å²) in [7, 11) is 7.97. The first-order valence-electron chi connectivity index (χ1n) is 7.80. The number of anilines is 2. The van der Waals surface area contributed by atoms with Gasteiger partial charge in [-0.15, -0.1) is 11.8 Å². The quantitative estimate of drug-likeness (QED) is 0.623. The van der Waals surface area contributed by atoms with E-state index in [1.165, 1.54) is 0 Å². The number of carbonyl (C=O) groups is 1. The van der Waals surface area contributed by atoms with E-state index >= 15 is 0 Å². The summed E-state index contributed by atoms with van der Waals surface area (Å²) in [5.41, 5.74) is 4.78. The number of esters is 1. The Balaban J connectivity index is 2.06. The highest BCUT2D eigenvalue weighted by Crippen LogP contribution is 2.41. The molecule has 4 nitrogen and oxygen atoms in total. The predicted octanol–water partition coefficient (Wildman–Crippen LogP) is 3.80. The van der Waals surface area contributed by atoms with Crippen molar-refractivity contribution in [1.29, 1.82) is 0 Å². The van der Waals surface area contributed by atoms with Gasteiger partial charge in [0, 0.05) is 55.6 Å². The molecule has 2 aromatic rings. The van der Waals surface area contributed by atoms with Crippen LogP contribution in [0.25, 0.3) is 0 Å². The average molecular weight is 342 g/mol. The summed E-state index contributed by atoms with van der Waals surface area (Å²) in [6.07, 6.45) is 1.72. The molecule has 1 atom stereocenters. The number of hydrogen-bond donors (Lipinski definition) is 0. The van der Waals surface area contributed by atoms with Crippen LogP contribution in [0.15, 0.2) is 41.3 Å². The van der Waals surface area contributed by atoms with Gasteiger partial charge in [-0.3, -0.25) is 0 Å². The van der Waals surface area contributed by atoms with E-state index in [2.05, 4.69) is 23.1 Å². The third-order valence-corrected chi connectivity index (χ3v) is 5.09. The molecule has 0 aliphatic carbocycles. The SMILES string of the molecule is CSc1cc(N(C)C)ccc1C1OC(=O)c2cc(N(C)C)ccc21. The fourth-order valence-corrected chi connectivity index (χ4v) is 3.54. The Morgan fingerprint density at radius 3 is 2.08 bits per heavy atom. The van der Waals surface area contributed by atoms with Crippen LogP contribution in [0.2, 0.25) is 0 Å². The summed E-state index contributed by atoms with van der Waals surface area (Å²) in [5.74, 6) is -0.248. The molecule has 2 aromatic carbocycles. The Labute approximate surface area is 147 Å². The van der Waals surface area contributed by atoms with Gasteiger partial charge in [-0.1, -0.05) is 12.1 Å². The molecular weight excluding hydrogens is 320 g/mol. The van der Waals surface area contributed by atoms with E-state index in [4.69, 9.17) is 4.74 Å². The Kier molecular flexibility index (Phi) is 4.45. The van der Waals surface area contributed by atoms with Crippen LogP contribution in [0.5, 0.6) is 0 Å². The van der Waals surface area contributed by atoms with E-state index in [1.807, 2.05) is 57.5 Å². The topological polar surface area (TPSA) is 32.8 Å². The second-order valence-electron chi connectivity index (χ2n) is 6.27. The molecule has 126 valence electrons. The molecular formula is C19H22N2O2S. The molecule has 1 heterocycles. The molecule has 0 saturated carbocycles. The molecule has 0 saturated heterocycles. The van der Waals surface area contributed by atoms with Gasteiger partial charge < -0.3 is 14.5 Å². The summed E-state index contributed by atoms with van der Waals surface area (Å²) in [6, 6.07) is 12.2. The minimum absolute atomic E-state index is 0.248. The molecule has 24 heavy (non-hydrogen) atoms. The smallest absolute Gasteiger partial charge is 0.339 e. The molecule has 0 amide bonds. The lowest BCUT2D eigenvalue weighted by Gasteiger charge is -2.19. The molecule has 1 aliphatic rings. The minimum Gasteiger partial charge on any atom is -0.449 e. The molecule has 0 aromatic heterocycles. The molecule has 5 heteroatoms. The number of ether oxygens (including phenoxy) is 1. The summed E-state index contributed by atoms with van der Waals surface area (Å²) >= 11 is 1.67. The zero-order valence-corrected chi connectivity index (χ0v) is 15.5. The lowest BCUT2D eigenvalue weighted by molar-refractivity contribution is 0.0452. The van der Waals surface area contributed by atoms with E-state index in [0.717, 1.165) is 27.4 Å². The van der Waals surface area contributed by atoms with Crippen molar-refractivity contribution >= 4 is 29.1 Å². The lowest BCUT2D eigenvalue weighted by atomic mass is 9.98. The maximum Gasteiger partial charge on any atom is 0.339 e. The number of fused-ring (bicyclic) bond motifs is 1. The molecule has 3 rings (SSSR count). The van der Waals surface area contributed by atoms with Gasteiger partial charge in [-0.2, -0.15) is 0 Å². The van der Waals surface area contributed by atoms with Crippen LogP contribution in [-0.2, 0) is 4.74 Å². The predicted molar refractivity (Wildman–Crippen MR) is 101 cm³/mol. The van der Waals surface area contributed by atoms with Crippen LogP contribution < -0.4 is 9.80 Å². The number of benzene rings is 2. The molecule has 1 unspecified atom stereocenters. The second-order valence-corrected chi connectivity index (χ2v) is 7.12. The molecule has 0 N–H and O–H groups in total. The Bertz CT molecular complexity index is 787. The zero-order valence-electron chi connectivity index (χ0n) is 14.7. The monoisotopic (exact) mass is 342 g/mol. The number of hydrogen-bond acceptors (Lipinski definition) is 5. The number of thioether (sulfide) groups is 1. The normalized spacial score (nSPS) is 15.9. The first kappa shape index (κ1) is 16.7. The van der Waals surface area contributed by atoms with Crippen LogP contribution in [0.3, 0.4) is 0 Å². The summed E-state index contributed by atoms with van der Waals surface area (Å²) in [4.78, 5) is 17.5. The first-order valence-corrected chi connectivity index (χ1v) is 9.02. The number of carbonyl (C=O) groups excluding carboxylic acids is 1. The van der Waals surface area contributed by atoms with Gasteiger partial charge in [0.1, 0.15) is 0 Å². The largest absolute Gasteiger partial charge is 0.449 e. The first-order chi connectivity index (χ1) is 11.4. The van der Waals surface area contributed by atoms with Crippen molar-refractivity contribution in [2.75, 3.05) is 44.2 Å². The fourth-order valence-electron chi connectivity index (χ4n) is 2.89. The van der Waals surface area contributed by atoms with Crippen molar-refractivity contribution < 1.29 is 9.53 Å². The summed E-state index contributed by atoms with van der Waals surface area (Å²) < 4.78 is 5.71. The van der Waals surface area contributed by atoms with Crippen LogP contribution >= 0.6 is 11.8 Å². The maximum atomic E-state index is 12.3. The standard InChI is InChI=1S/C19H22N2O2S/c1-20(2)12-6-8-14-16(10-12)19(22)23-18(14)15-9-7-13(21(3)4)11-17(15)24-5/h6-11,18H,1-5H3. The van der Waals surface area contributed by atoms with Gasteiger partial charge in [0.15, 0.2) is 6.10 Å². The van der Waals surface area contributed by atoms with Crippen molar-refractivity contribution in [3.05, 3.63) is 53.1 Å². The van der Waals surface area contributed by atoms with Crippen LogP contribution in [0.1, 0.15) is 27.6 Å².